The van der Waals surface area contributed by atoms with Crippen LogP contribution in [-0.2, 0) is 4.74 Å². The van der Waals surface area contributed by atoms with E-state index >= 15 is 0 Å². The van der Waals surface area contributed by atoms with E-state index in [2.05, 4.69) is 39.2 Å². The second-order valence-corrected chi connectivity index (χ2v) is 4.90. The van der Waals surface area contributed by atoms with Gasteiger partial charge in [-0.05, 0) is 53.5 Å². The summed E-state index contributed by atoms with van der Waals surface area (Å²) in [5, 5.41) is 3.42. The molecule has 0 amide bonds. The molecular formula is C13H17BrN2O. The summed E-state index contributed by atoms with van der Waals surface area (Å²) >= 11 is 3.40. The van der Waals surface area contributed by atoms with Gasteiger partial charge in [0, 0.05) is 10.7 Å². The molecule has 0 aliphatic carbocycles. The molecule has 2 heterocycles. The Labute approximate surface area is 110 Å². The monoisotopic (exact) mass is 296 g/mol. The highest BCUT2D eigenvalue weighted by molar-refractivity contribution is 9.10. The number of hydrogen-bond donors (Lipinski definition) is 1. The Balaban J connectivity index is 2.21. The first-order chi connectivity index (χ1) is 8.31. The number of hydrogen-bond acceptors (Lipinski definition) is 3. The summed E-state index contributed by atoms with van der Waals surface area (Å²) in [7, 11) is 0. The smallest absolute Gasteiger partial charge is 0.115 e. The second-order valence-electron chi connectivity index (χ2n) is 3.99. The van der Waals surface area contributed by atoms with Crippen molar-refractivity contribution in [3.05, 3.63) is 40.3 Å². The molecule has 2 rings (SSSR count). The van der Waals surface area contributed by atoms with Crippen LogP contribution in [0.3, 0.4) is 0 Å². The SMILES string of the molecule is CCNC(C1=CCCCO1)c1ccc(Br)cn1. The van der Waals surface area contributed by atoms with Gasteiger partial charge in [-0.15, -0.1) is 0 Å². The zero-order valence-corrected chi connectivity index (χ0v) is 11.5. The fourth-order valence-corrected chi connectivity index (χ4v) is 2.13. The van der Waals surface area contributed by atoms with E-state index in [0.29, 0.717) is 0 Å². The predicted octanol–water partition coefficient (Wildman–Crippen LogP) is 3.19. The third kappa shape index (κ3) is 3.30. The fourth-order valence-electron chi connectivity index (χ4n) is 1.89. The van der Waals surface area contributed by atoms with Gasteiger partial charge in [0.05, 0.1) is 12.3 Å². The van der Waals surface area contributed by atoms with E-state index in [1.54, 1.807) is 0 Å². The maximum atomic E-state index is 5.72. The molecule has 1 atom stereocenters. The van der Waals surface area contributed by atoms with Crippen LogP contribution in [0.4, 0.5) is 0 Å². The van der Waals surface area contributed by atoms with Crippen molar-refractivity contribution in [1.82, 2.24) is 10.3 Å². The normalized spacial score (nSPS) is 17.2. The van der Waals surface area contributed by atoms with Gasteiger partial charge in [-0.2, -0.15) is 0 Å². The highest BCUT2D eigenvalue weighted by atomic mass is 79.9. The summed E-state index contributed by atoms with van der Waals surface area (Å²) in [6, 6.07) is 4.11. The Morgan fingerprint density at radius 1 is 1.53 bits per heavy atom. The maximum Gasteiger partial charge on any atom is 0.115 e. The van der Waals surface area contributed by atoms with Crippen LogP contribution in [0.15, 0.2) is 34.6 Å². The lowest BCUT2D eigenvalue weighted by atomic mass is 10.1. The molecule has 3 nitrogen and oxygen atoms in total. The average Bonchev–Trinajstić information content (AvgIpc) is 2.38. The first-order valence-electron chi connectivity index (χ1n) is 5.99. The van der Waals surface area contributed by atoms with Gasteiger partial charge in [-0.1, -0.05) is 6.92 Å². The van der Waals surface area contributed by atoms with Crippen LogP contribution < -0.4 is 5.32 Å². The molecule has 17 heavy (non-hydrogen) atoms. The van der Waals surface area contributed by atoms with E-state index in [1.165, 1.54) is 0 Å². The molecule has 1 unspecified atom stereocenters. The van der Waals surface area contributed by atoms with Crippen LogP contribution >= 0.6 is 15.9 Å². The van der Waals surface area contributed by atoms with Crippen molar-refractivity contribution >= 4 is 15.9 Å². The van der Waals surface area contributed by atoms with Gasteiger partial charge in [0.2, 0.25) is 0 Å². The molecule has 1 aliphatic heterocycles. The topological polar surface area (TPSA) is 34.1 Å². The van der Waals surface area contributed by atoms with Crippen molar-refractivity contribution in [3.63, 3.8) is 0 Å². The van der Waals surface area contributed by atoms with E-state index in [0.717, 1.165) is 41.9 Å². The molecule has 4 heteroatoms. The first-order valence-corrected chi connectivity index (χ1v) is 6.78. The van der Waals surface area contributed by atoms with Gasteiger partial charge in [0.15, 0.2) is 0 Å². The molecule has 1 aromatic heterocycles. The minimum Gasteiger partial charge on any atom is -0.496 e. The third-order valence-electron chi connectivity index (χ3n) is 2.70. The molecule has 1 aliphatic rings. The Morgan fingerprint density at radius 3 is 3.00 bits per heavy atom. The molecule has 0 saturated carbocycles. The Bertz CT molecular complexity index is 389. The van der Waals surface area contributed by atoms with Gasteiger partial charge in [-0.3, -0.25) is 4.98 Å². The zero-order valence-electron chi connectivity index (χ0n) is 9.95. The van der Waals surface area contributed by atoms with Crippen LogP contribution in [0.25, 0.3) is 0 Å². The van der Waals surface area contributed by atoms with Gasteiger partial charge >= 0.3 is 0 Å². The number of halogens is 1. The second kappa shape index (κ2) is 6.17. The van der Waals surface area contributed by atoms with Crippen LogP contribution in [-0.4, -0.2) is 18.1 Å². The first kappa shape index (κ1) is 12.6. The molecule has 1 N–H and O–H groups in total. The van der Waals surface area contributed by atoms with Crippen molar-refractivity contribution < 1.29 is 4.74 Å². The standard InChI is InChI=1S/C13H17BrN2O/c1-2-15-13(12-5-3-4-8-17-12)11-7-6-10(14)9-16-11/h5-7,9,13,15H,2-4,8H2,1H3. The van der Waals surface area contributed by atoms with Crippen LogP contribution in [0.2, 0.25) is 0 Å². The number of nitrogens with one attached hydrogen (secondary N) is 1. The molecule has 0 spiro atoms. The number of allylic oxidation sites excluding steroid dienone is 1. The van der Waals surface area contributed by atoms with E-state index in [4.69, 9.17) is 4.74 Å². The predicted molar refractivity (Wildman–Crippen MR) is 71.6 cm³/mol. The van der Waals surface area contributed by atoms with E-state index in [1.807, 2.05) is 18.3 Å². The van der Waals surface area contributed by atoms with Gasteiger partial charge in [0.1, 0.15) is 11.8 Å². The number of aromatic nitrogens is 1. The molecule has 0 radical (unpaired) electrons. The lowest BCUT2D eigenvalue weighted by Crippen LogP contribution is -2.26. The largest absolute Gasteiger partial charge is 0.496 e. The maximum absolute atomic E-state index is 5.72. The van der Waals surface area contributed by atoms with Crippen molar-refractivity contribution in [2.75, 3.05) is 13.2 Å². The molecular weight excluding hydrogens is 280 g/mol. The summed E-state index contributed by atoms with van der Waals surface area (Å²) in [6.45, 7) is 3.79. The van der Waals surface area contributed by atoms with Crippen molar-refractivity contribution in [3.8, 4) is 0 Å². The highest BCUT2D eigenvalue weighted by Crippen LogP contribution is 2.25. The highest BCUT2D eigenvalue weighted by Gasteiger charge is 2.19. The molecule has 0 saturated heterocycles. The summed E-state index contributed by atoms with van der Waals surface area (Å²) in [5.41, 5.74) is 1.00. The number of rotatable bonds is 4. The summed E-state index contributed by atoms with van der Waals surface area (Å²) in [5.74, 6) is 1.01. The van der Waals surface area contributed by atoms with Crippen molar-refractivity contribution in [2.45, 2.75) is 25.8 Å². The lowest BCUT2D eigenvalue weighted by Gasteiger charge is -2.24. The van der Waals surface area contributed by atoms with E-state index < -0.39 is 0 Å². The Hall–Kier alpha value is -0.870. The van der Waals surface area contributed by atoms with Crippen molar-refractivity contribution in [2.24, 2.45) is 0 Å². The number of pyridine rings is 1. The quantitative estimate of drug-likeness (QED) is 0.926. The Kier molecular flexibility index (Phi) is 4.57. The molecule has 92 valence electrons. The number of ether oxygens (including phenoxy) is 1. The van der Waals surface area contributed by atoms with Crippen LogP contribution in [0.1, 0.15) is 31.5 Å². The van der Waals surface area contributed by atoms with E-state index in [9.17, 15) is 0 Å². The molecule has 0 fully saturated rings. The average molecular weight is 297 g/mol. The van der Waals surface area contributed by atoms with Gasteiger partial charge in [-0.25, -0.2) is 0 Å². The minimum absolute atomic E-state index is 0.0772. The van der Waals surface area contributed by atoms with Crippen LogP contribution in [0.5, 0.6) is 0 Å². The number of nitrogens with zero attached hydrogens (tertiary/aromatic N) is 1. The Morgan fingerprint density at radius 2 is 2.41 bits per heavy atom. The summed E-state index contributed by atoms with van der Waals surface area (Å²) in [6.07, 6.45) is 6.19. The zero-order chi connectivity index (χ0) is 12.1. The minimum atomic E-state index is 0.0772. The summed E-state index contributed by atoms with van der Waals surface area (Å²) < 4.78 is 6.72. The third-order valence-corrected chi connectivity index (χ3v) is 3.17. The van der Waals surface area contributed by atoms with Gasteiger partial charge in [0.25, 0.3) is 0 Å². The molecule has 0 aromatic carbocycles. The van der Waals surface area contributed by atoms with Crippen LogP contribution in [0, 0.1) is 0 Å². The van der Waals surface area contributed by atoms with Crippen molar-refractivity contribution in [1.29, 1.82) is 0 Å². The van der Waals surface area contributed by atoms with E-state index in [-0.39, 0.29) is 6.04 Å². The lowest BCUT2D eigenvalue weighted by molar-refractivity contribution is 0.167. The number of likely N-dealkylation sites (N-methyl/N-ethyl adjacent to an activating group) is 1. The fraction of sp³-hybridized carbons (Fsp3) is 0.462. The van der Waals surface area contributed by atoms with Gasteiger partial charge < -0.3 is 10.1 Å². The molecule has 1 aromatic rings. The summed E-state index contributed by atoms with van der Waals surface area (Å²) in [4.78, 5) is 4.44. The molecule has 0 bridgehead atoms.